The van der Waals surface area contributed by atoms with E-state index < -0.39 is 16.1 Å². The number of hydrogen-bond donors (Lipinski definition) is 2. The first-order chi connectivity index (χ1) is 9.53. The average molecular weight is 298 g/mol. The number of fused-ring (bicyclic) bond motifs is 1. The van der Waals surface area contributed by atoms with Crippen molar-refractivity contribution >= 4 is 16.1 Å². The molecule has 1 aliphatic heterocycles. The summed E-state index contributed by atoms with van der Waals surface area (Å²) in [7, 11) is -3.84. The number of unbranched alkanes of at least 4 members (excludes halogenated alkanes) is 1. The highest BCUT2D eigenvalue weighted by atomic mass is 32.2. The summed E-state index contributed by atoms with van der Waals surface area (Å²) in [4.78, 5) is 11.6. The van der Waals surface area contributed by atoms with Crippen LogP contribution in [0.25, 0.3) is 0 Å². The van der Waals surface area contributed by atoms with Gasteiger partial charge in [-0.15, -0.1) is 0 Å². The first-order valence-corrected chi connectivity index (χ1v) is 8.07. The fraction of sp³-hybridized carbons (Fsp3) is 0.462. The van der Waals surface area contributed by atoms with Gasteiger partial charge in [0, 0.05) is 13.0 Å². The lowest BCUT2D eigenvalue weighted by molar-refractivity contribution is 0.245. The fourth-order valence-electron chi connectivity index (χ4n) is 1.93. The second-order valence-corrected chi connectivity index (χ2v) is 6.27. The predicted molar refractivity (Wildman–Crippen MR) is 74.3 cm³/mol. The summed E-state index contributed by atoms with van der Waals surface area (Å²) in [5, 5.41) is 2.51. The zero-order chi connectivity index (χ0) is 14.6. The Morgan fingerprint density at radius 1 is 1.40 bits per heavy atom. The van der Waals surface area contributed by atoms with Crippen molar-refractivity contribution in [1.82, 2.24) is 10.0 Å². The lowest BCUT2D eigenvalue weighted by Gasteiger charge is -2.09. The predicted octanol–water partition coefficient (Wildman–Crippen LogP) is 1.41. The number of rotatable bonds is 5. The van der Waals surface area contributed by atoms with Crippen LogP contribution in [0.2, 0.25) is 0 Å². The third-order valence-corrected chi connectivity index (χ3v) is 4.34. The first-order valence-electron chi connectivity index (χ1n) is 6.59. The van der Waals surface area contributed by atoms with Gasteiger partial charge in [0.25, 0.3) is 10.0 Å². The van der Waals surface area contributed by atoms with Crippen LogP contribution in [0.4, 0.5) is 4.79 Å². The van der Waals surface area contributed by atoms with Crippen LogP contribution in [-0.2, 0) is 16.4 Å². The molecule has 0 saturated heterocycles. The van der Waals surface area contributed by atoms with Gasteiger partial charge in [0.1, 0.15) is 5.75 Å². The molecule has 0 unspecified atom stereocenters. The quantitative estimate of drug-likeness (QED) is 0.805. The highest BCUT2D eigenvalue weighted by Gasteiger charge is 2.21. The van der Waals surface area contributed by atoms with Crippen molar-refractivity contribution in [2.75, 3.05) is 13.2 Å². The zero-order valence-electron chi connectivity index (χ0n) is 11.3. The molecule has 0 radical (unpaired) electrons. The molecule has 6 nitrogen and oxygen atoms in total. The Morgan fingerprint density at radius 3 is 2.95 bits per heavy atom. The molecule has 110 valence electrons. The summed E-state index contributed by atoms with van der Waals surface area (Å²) in [5.74, 6) is 0.705. The molecule has 0 aliphatic carbocycles. The molecule has 7 heteroatoms. The van der Waals surface area contributed by atoms with Gasteiger partial charge in [-0.3, -0.25) is 0 Å². The number of benzene rings is 1. The van der Waals surface area contributed by atoms with E-state index >= 15 is 0 Å². The molecule has 1 aromatic rings. The second-order valence-electron chi connectivity index (χ2n) is 4.58. The lowest BCUT2D eigenvalue weighted by atomic mass is 10.2. The number of hydrogen-bond acceptors (Lipinski definition) is 4. The van der Waals surface area contributed by atoms with Crippen LogP contribution in [0.15, 0.2) is 23.1 Å². The smallest absolute Gasteiger partial charge is 0.328 e. The molecule has 1 heterocycles. The molecule has 1 aliphatic rings. The van der Waals surface area contributed by atoms with E-state index in [2.05, 4.69) is 5.32 Å². The van der Waals surface area contributed by atoms with Crippen LogP contribution >= 0.6 is 0 Å². The third-order valence-electron chi connectivity index (χ3n) is 3.01. The van der Waals surface area contributed by atoms with E-state index in [1.54, 1.807) is 12.1 Å². The maximum atomic E-state index is 12.1. The number of sulfonamides is 1. The Kier molecular flexibility index (Phi) is 4.49. The van der Waals surface area contributed by atoms with Crippen LogP contribution in [0, 0.1) is 0 Å². The molecule has 0 spiro atoms. The fourth-order valence-corrected chi connectivity index (χ4v) is 2.90. The van der Waals surface area contributed by atoms with E-state index in [-0.39, 0.29) is 4.90 Å². The molecule has 2 rings (SSSR count). The molecular formula is C13H18N2O4S. The lowest BCUT2D eigenvalue weighted by Crippen LogP contribution is -2.39. The van der Waals surface area contributed by atoms with Crippen molar-refractivity contribution in [3.63, 3.8) is 0 Å². The van der Waals surface area contributed by atoms with Gasteiger partial charge in [0.15, 0.2) is 0 Å². The van der Waals surface area contributed by atoms with Crippen LogP contribution in [-0.4, -0.2) is 27.6 Å². The maximum Gasteiger partial charge on any atom is 0.328 e. The van der Waals surface area contributed by atoms with E-state index in [1.807, 2.05) is 11.6 Å². The summed E-state index contributed by atoms with van der Waals surface area (Å²) < 4.78 is 31.4. The third kappa shape index (κ3) is 3.41. The van der Waals surface area contributed by atoms with Gasteiger partial charge in [-0.25, -0.2) is 17.9 Å². The zero-order valence-corrected chi connectivity index (χ0v) is 12.1. The summed E-state index contributed by atoms with van der Waals surface area (Å²) >= 11 is 0. The minimum absolute atomic E-state index is 0.0763. The topological polar surface area (TPSA) is 84.5 Å². The highest BCUT2D eigenvalue weighted by molar-refractivity contribution is 7.90. The Labute approximate surface area is 118 Å². The number of carbonyl (C=O) groups is 1. The van der Waals surface area contributed by atoms with E-state index in [9.17, 15) is 13.2 Å². The van der Waals surface area contributed by atoms with Gasteiger partial charge in [-0.2, -0.15) is 0 Å². The largest absolute Gasteiger partial charge is 0.493 e. The summed E-state index contributed by atoms with van der Waals surface area (Å²) in [6.45, 7) is 3.00. The van der Waals surface area contributed by atoms with Gasteiger partial charge >= 0.3 is 6.03 Å². The molecule has 0 fully saturated rings. The number of urea groups is 1. The second kappa shape index (κ2) is 6.13. The summed E-state index contributed by atoms with van der Waals surface area (Å²) in [6, 6.07) is 3.90. The molecule has 20 heavy (non-hydrogen) atoms. The van der Waals surface area contributed by atoms with E-state index in [1.165, 1.54) is 6.07 Å². The molecule has 0 aromatic heterocycles. The minimum Gasteiger partial charge on any atom is -0.493 e. The Hall–Kier alpha value is -1.76. The Bertz CT molecular complexity index is 598. The molecule has 0 atom stereocenters. The number of amides is 2. The number of carbonyl (C=O) groups excluding carboxylic acids is 1. The normalized spacial score (nSPS) is 13.4. The molecule has 0 bridgehead atoms. The van der Waals surface area contributed by atoms with Gasteiger partial charge < -0.3 is 10.1 Å². The van der Waals surface area contributed by atoms with Gasteiger partial charge in [-0.05, 0) is 30.2 Å². The monoisotopic (exact) mass is 298 g/mol. The average Bonchev–Trinajstić information content (AvgIpc) is 2.85. The standard InChI is InChI=1S/C13H18N2O4S/c1-2-3-7-14-13(16)15-20(17,18)11-4-5-12-10(9-11)6-8-19-12/h4-5,9H,2-3,6-8H2,1H3,(H2,14,15,16). The summed E-state index contributed by atoms with van der Waals surface area (Å²) in [5.41, 5.74) is 0.847. The van der Waals surface area contributed by atoms with Gasteiger partial charge in [-0.1, -0.05) is 13.3 Å². The minimum atomic E-state index is -3.84. The molecule has 2 amide bonds. The van der Waals surface area contributed by atoms with Crippen LogP contribution in [0.3, 0.4) is 0 Å². The highest BCUT2D eigenvalue weighted by Crippen LogP contribution is 2.27. The van der Waals surface area contributed by atoms with Crippen LogP contribution < -0.4 is 14.8 Å². The molecule has 1 aromatic carbocycles. The first kappa shape index (κ1) is 14.6. The molecule has 0 saturated carbocycles. The van der Waals surface area contributed by atoms with E-state index in [0.717, 1.165) is 18.4 Å². The van der Waals surface area contributed by atoms with Gasteiger partial charge in [0.05, 0.1) is 11.5 Å². The van der Waals surface area contributed by atoms with Crippen LogP contribution in [0.5, 0.6) is 5.75 Å². The van der Waals surface area contributed by atoms with Crippen molar-refractivity contribution < 1.29 is 17.9 Å². The Morgan fingerprint density at radius 2 is 2.20 bits per heavy atom. The SMILES string of the molecule is CCCCNC(=O)NS(=O)(=O)c1ccc2c(c1)CCO2. The van der Waals surface area contributed by atoms with Crippen molar-refractivity contribution in [2.24, 2.45) is 0 Å². The Balaban J connectivity index is 2.05. The molecule has 2 N–H and O–H groups in total. The van der Waals surface area contributed by atoms with Crippen molar-refractivity contribution in [3.8, 4) is 5.75 Å². The number of nitrogens with one attached hydrogen (secondary N) is 2. The van der Waals surface area contributed by atoms with Crippen LogP contribution in [0.1, 0.15) is 25.3 Å². The van der Waals surface area contributed by atoms with E-state index in [0.29, 0.717) is 25.3 Å². The van der Waals surface area contributed by atoms with Crippen molar-refractivity contribution in [3.05, 3.63) is 23.8 Å². The maximum absolute atomic E-state index is 12.1. The summed E-state index contributed by atoms with van der Waals surface area (Å²) in [6.07, 6.45) is 2.42. The van der Waals surface area contributed by atoms with Crippen molar-refractivity contribution in [1.29, 1.82) is 0 Å². The molecular weight excluding hydrogens is 280 g/mol. The van der Waals surface area contributed by atoms with Crippen molar-refractivity contribution in [2.45, 2.75) is 31.1 Å². The number of ether oxygens (including phenoxy) is 1. The van der Waals surface area contributed by atoms with Gasteiger partial charge in [0.2, 0.25) is 0 Å². The van der Waals surface area contributed by atoms with E-state index in [4.69, 9.17) is 4.74 Å².